The smallest absolute Gasteiger partial charge is 0.408 e. The molecule has 190 valence electrons. The van der Waals surface area contributed by atoms with Crippen molar-refractivity contribution in [3.05, 3.63) is 30.3 Å². The van der Waals surface area contributed by atoms with Gasteiger partial charge in [0.25, 0.3) is 10.2 Å². The number of anilines is 1. The lowest BCUT2D eigenvalue weighted by Gasteiger charge is -2.31. The van der Waals surface area contributed by atoms with E-state index >= 15 is 0 Å². The van der Waals surface area contributed by atoms with Crippen molar-refractivity contribution in [3.8, 4) is 0 Å². The van der Waals surface area contributed by atoms with Crippen molar-refractivity contribution in [1.29, 1.82) is 0 Å². The Hall–Kier alpha value is -2.86. The standard InChI is InChI=1S/C22H34N4O7S/c1-22(2,3)18(25-21(29)33-16-12-8-9-13-16)19(27)24-17(20(28)32-4)14-23-34(30,31)26-15-10-6-5-7-11-15/h5-7,10-11,16-18,23,26H,8-9,12-14H2,1-4H3,(H,24,27)(H,25,29)/t17-,18+/m0/s1. The summed E-state index contributed by atoms with van der Waals surface area (Å²) in [6.45, 7) is 4.76. The van der Waals surface area contributed by atoms with Crippen molar-refractivity contribution in [3.63, 3.8) is 0 Å². The largest absolute Gasteiger partial charge is 0.467 e. The molecule has 1 saturated carbocycles. The Morgan fingerprint density at radius 1 is 1.06 bits per heavy atom. The number of nitrogens with one attached hydrogen (secondary N) is 4. The average molecular weight is 499 g/mol. The number of hydrogen-bond donors (Lipinski definition) is 4. The summed E-state index contributed by atoms with van der Waals surface area (Å²) in [5.41, 5.74) is -0.403. The summed E-state index contributed by atoms with van der Waals surface area (Å²) in [7, 11) is -2.92. The van der Waals surface area contributed by atoms with Gasteiger partial charge in [0.1, 0.15) is 18.2 Å². The van der Waals surface area contributed by atoms with Crippen LogP contribution in [0.5, 0.6) is 0 Å². The van der Waals surface area contributed by atoms with E-state index in [2.05, 4.69) is 20.1 Å². The molecular formula is C22H34N4O7S. The number of amides is 2. The normalized spacial score (nSPS) is 16.2. The van der Waals surface area contributed by atoms with E-state index < -0.39 is 52.2 Å². The highest BCUT2D eigenvalue weighted by molar-refractivity contribution is 7.90. The lowest BCUT2D eigenvalue weighted by atomic mass is 9.86. The zero-order chi connectivity index (χ0) is 25.4. The average Bonchev–Trinajstić information content (AvgIpc) is 3.26. The molecule has 0 bridgehead atoms. The summed E-state index contributed by atoms with van der Waals surface area (Å²) < 4.78 is 39.3. The first-order valence-corrected chi connectivity index (χ1v) is 12.6. The molecule has 0 aromatic heterocycles. The maximum absolute atomic E-state index is 13.0. The lowest BCUT2D eigenvalue weighted by Crippen LogP contribution is -2.59. The number of para-hydroxylation sites is 1. The third-order valence-electron chi connectivity index (χ3n) is 5.27. The molecule has 2 amide bonds. The van der Waals surface area contributed by atoms with Crippen molar-refractivity contribution in [2.45, 2.75) is 64.6 Å². The van der Waals surface area contributed by atoms with Gasteiger partial charge in [-0.2, -0.15) is 13.1 Å². The fourth-order valence-corrected chi connectivity index (χ4v) is 4.37. The molecule has 0 unspecified atom stereocenters. The van der Waals surface area contributed by atoms with Gasteiger partial charge in [-0.15, -0.1) is 0 Å². The minimum atomic E-state index is -4.04. The molecule has 1 aromatic carbocycles. The van der Waals surface area contributed by atoms with E-state index in [-0.39, 0.29) is 6.10 Å². The Bertz CT molecular complexity index is 942. The highest BCUT2D eigenvalue weighted by Gasteiger charge is 2.36. The number of alkyl carbamates (subject to hydrolysis) is 1. The first kappa shape index (κ1) is 27.4. The van der Waals surface area contributed by atoms with Crippen LogP contribution in [0.25, 0.3) is 0 Å². The van der Waals surface area contributed by atoms with Crippen LogP contribution >= 0.6 is 0 Å². The monoisotopic (exact) mass is 498 g/mol. The van der Waals surface area contributed by atoms with Crippen LogP contribution in [0.2, 0.25) is 0 Å². The van der Waals surface area contributed by atoms with Crippen molar-refractivity contribution in [1.82, 2.24) is 15.4 Å². The number of rotatable bonds is 10. The van der Waals surface area contributed by atoms with Gasteiger partial charge in [-0.1, -0.05) is 39.0 Å². The second-order valence-electron chi connectivity index (χ2n) is 9.16. The first-order chi connectivity index (χ1) is 15.9. The summed E-state index contributed by atoms with van der Waals surface area (Å²) in [6.07, 6.45) is 2.62. The van der Waals surface area contributed by atoms with Crippen LogP contribution in [0, 0.1) is 5.41 Å². The zero-order valence-corrected chi connectivity index (χ0v) is 20.7. The molecular weight excluding hydrogens is 464 g/mol. The van der Waals surface area contributed by atoms with Crippen LogP contribution in [-0.4, -0.2) is 58.2 Å². The third kappa shape index (κ3) is 8.82. The fraction of sp³-hybridized carbons (Fsp3) is 0.591. The van der Waals surface area contributed by atoms with E-state index in [1.165, 1.54) is 0 Å². The van der Waals surface area contributed by atoms with E-state index in [9.17, 15) is 22.8 Å². The SMILES string of the molecule is COC(=O)[C@H](CNS(=O)(=O)Nc1ccccc1)NC(=O)[C@@H](NC(=O)OC1CCCC1)C(C)(C)C. The number of carbonyl (C=O) groups excluding carboxylic acids is 3. The van der Waals surface area contributed by atoms with E-state index in [1.54, 1.807) is 51.1 Å². The minimum Gasteiger partial charge on any atom is -0.467 e. The van der Waals surface area contributed by atoms with E-state index in [1.807, 2.05) is 0 Å². The van der Waals surface area contributed by atoms with Crippen molar-refractivity contribution in [2.75, 3.05) is 18.4 Å². The van der Waals surface area contributed by atoms with Gasteiger partial charge in [0.2, 0.25) is 5.91 Å². The molecule has 1 aliphatic carbocycles. The predicted octanol–water partition coefficient (Wildman–Crippen LogP) is 1.67. The molecule has 0 aliphatic heterocycles. The number of methoxy groups -OCH3 is 1. The number of hydrogen-bond acceptors (Lipinski definition) is 7. The molecule has 2 rings (SSSR count). The van der Waals surface area contributed by atoms with Crippen molar-refractivity contribution < 1.29 is 32.3 Å². The van der Waals surface area contributed by atoms with E-state index in [4.69, 9.17) is 9.47 Å². The molecule has 11 nitrogen and oxygen atoms in total. The Labute approximate surface area is 200 Å². The summed E-state index contributed by atoms with van der Waals surface area (Å²) >= 11 is 0. The van der Waals surface area contributed by atoms with Crippen LogP contribution in [0.15, 0.2) is 30.3 Å². The van der Waals surface area contributed by atoms with Crippen LogP contribution in [-0.2, 0) is 29.3 Å². The summed E-state index contributed by atoms with van der Waals surface area (Å²) in [5, 5.41) is 5.05. The summed E-state index contributed by atoms with van der Waals surface area (Å²) in [4.78, 5) is 37.6. The van der Waals surface area contributed by atoms with Gasteiger partial charge in [0.15, 0.2) is 0 Å². The van der Waals surface area contributed by atoms with Gasteiger partial charge in [-0.25, -0.2) is 9.59 Å². The molecule has 4 N–H and O–H groups in total. The molecule has 12 heteroatoms. The van der Waals surface area contributed by atoms with Crippen LogP contribution < -0.4 is 20.1 Å². The number of carbonyl (C=O) groups is 3. The molecule has 1 aromatic rings. The molecule has 2 atom stereocenters. The van der Waals surface area contributed by atoms with Crippen molar-refractivity contribution >= 4 is 33.9 Å². The van der Waals surface area contributed by atoms with Gasteiger partial charge in [0.05, 0.1) is 7.11 Å². The second-order valence-corrected chi connectivity index (χ2v) is 10.7. The van der Waals surface area contributed by atoms with Crippen LogP contribution in [0.3, 0.4) is 0 Å². The zero-order valence-electron chi connectivity index (χ0n) is 19.9. The number of esters is 1. The molecule has 34 heavy (non-hydrogen) atoms. The quantitative estimate of drug-likeness (QED) is 0.358. The van der Waals surface area contributed by atoms with Gasteiger partial charge in [-0.3, -0.25) is 9.52 Å². The Morgan fingerprint density at radius 3 is 2.24 bits per heavy atom. The van der Waals surface area contributed by atoms with Crippen LogP contribution in [0.1, 0.15) is 46.5 Å². The maximum Gasteiger partial charge on any atom is 0.408 e. The highest BCUT2D eigenvalue weighted by atomic mass is 32.2. The molecule has 1 aliphatic rings. The Morgan fingerprint density at radius 2 is 1.68 bits per heavy atom. The van der Waals surface area contributed by atoms with E-state index in [0.29, 0.717) is 5.69 Å². The summed E-state index contributed by atoms with van der Waals surface area (Å²) in [6, 6.07) is 5.79. The summed E-state index contributed by atoms with van der Waals surface area (Å²) in [5.74, 6) is -1.53. The molecule has 0 spiro atoms. The van der Waals surface area contributed by atoms with Gasteiger partial charge >= 0.3 is 12.1 Å². The fourth-order valence-electron chi connectivity index (χ4n) is 3.47. The van der Waals surface area contributed by atoms with Crippen molar-refractivity contribution in [2.24, 2.45) is 5.41 Å². The highest BCUT2D eigenvalue weighted by Crippen LogP contribution is 2.23. The van der Waals surface area contributed by atoms with E-state index in [0.717, 1.165) is 32.8 Å². The predicted molar refractivity (Wildman–Crippen MR) is 126 cm³/mol. The van der Waals surface area contributed by atoms with Gasteiger partial charge in [0, 0.05) is 12.2 Å². The second kappa shape index (κ2) is 12.0. The molecule has 0 radical (unpaired) electrons. The number of ether oxygens (including phenoxy) is 2. The topological polar surface area (TPSA) is 152 Å². The number of benzene rings is 1. The third-order valence-corrected chi connectivity index (χ3v) is 6.32. The minimum absolute atomic E-state index is 0.182. The Balaban J connectivity index is 2.04. The molecule has 0 saturated heterocycles. The maximum atomic E-state index is 13.0. The van der Waals surface area contributed by atoms with Gasteiger partial charge < -0.3 is 20.1 Å². The van der Waals surface area contributed by atoms with Gasteiger partial charge in [-0.05, 0) is 43.2 Å². The molecule has 1 fully saturated rings. The first-order valence-electron chi connectivity index (χ1n) is 11.1. The Kier molecular flexibility index (Phi) is 9.68. The lowest BCUT2D eigenvalue weighted by molar-refractivity contribution is -0.145. The molecule has 0 heterocycles. The van der Waals surface area contributed by atoms with Crippen LogP contribution in [0.4, 0.5) is 10.5 Å².